The van der Waals surface area contributed by atoms with E-state index in [1.807, 2.05) is 14.1 Å². The predicted octanol–water partition coefficient (Wildman–Crippen LogP) is 3.16. The first-order chi connectivity index (χ1) is 12.4. The quantitative estimate of drug-likeness (QED) is 0.685. The highest BCUT2D eigenvalue weighted by atomic mass is 35.5. The Kier molecular flexibility index (Phi) is 7.61. The van der Waals surface area contributed by atoms with E-state index in [1.165, 1.54) is 10.4 Å². The van der Waals surface area contributed by atoms with Gasteiger partial charge in [-0.3, -0.25) is 4.79 Å². The molecule has 0 aromatic carbocycles. The molecule has 1 aromatic heterocycles. The van der Waals surface area contributed by atoms with Crippen LogP contribution in [0, 0.1) is 11.3 Å². The van der Waals surface area contributed by atoms with Gasteiger partial charge >= 0.3 is 0 Å². The molecule has 1 aromatic rings. The fourth-order valence-electron chi connectivity index (χ4n) is 3.38. The number of hydrogen-bond acceptors (Lipinski definition) is 5. The molecule has 154 valence electrons. The molecule has 1 aliphatic rings. The van der Waals surface area contributed by atoms with Gasteiger partial charge in [0, 0.05) is 32.1 Å². The highest BCUT2D eigenvalue weighted by Gasteiger charge is 2.34. The molecule has 0 aliphatic carbocycles. The number of rotatable bonds is 7. The molecule has 10 heteroatoms. The molecule has 0 unspecified atom stereocenters. The van der Waals surface area contributed by atoms with Gasteiger partial charge in [-0.2, -0.15) is 4.31 Å². The first-order valence-corrected chi connectivity index (χ1v) is 11.8. The van der Waals surface area contributed by atoms with E-state index in [0.717, 1.165) is 17.9 Å². The van der Waals surface area contributed by atoms with E-state index in [-0.39, 0.29) is 26.5 Å². The van der Waals surface area contributed by atoms with Crippen LogP contribution in [-0.2, 0) is 14.8 Å². The van der Waals surface area contributed by atoms with Gasteiger partial charge in [0.05, 0.1) is 4.34 Å². The van der Waals surface area contributed by atoms with Crippen LogP contribution in [0.4, 0.5) is 0 Å². The minimum Gasteiger partial charge on any atom is -0.355 e. The molecule has 1 N–H and O–H groups in total. The highest BCUT2D eigenvalue weighted by Crippen LogP contribution is 2.36. The summed E-state index contributed by atoms with van der Waals surface area (Å²) in [7, 11) is 0.333. The summed E-state index contributed by atoms with van der Waals surface area (Å²) in [4.78, 5) is 14.6. The van der Waals surface area contributed by atoms with Crippen LogP contribution < -0.4 is 5.32 Å². The van der Waals surface area contributed by atoms with Gasteiger partial charge in [0.1, 0.15) is 9.23 Å². The maximum atomic E-state index is 12.7. The lowest BCUT2D eigenvalue weighted by Gasteiger charge is -2.32. The zero-order valence-electron chi connectivity index (χ0n) is 16.1. The average Bonchev–Trinajstić information content (AvgIpc) is 2.91. The van der Waals surface area contributed by atoms with Gasteiger partial charge in [-0.05, 0) is 38.4 Å². The van der Waals surface area contributed by atoms with Gasteiger partial charge in [0.2, 0.25) is 15.9 Å². The Hall–Kier alpha value is -0.380. The van der Waals surface area contributed by atoms with E-state index in [1.54, 1.807) is 0 Å². The van der Waals surface area contributed by atoms with Gasteiger partial charge in [-0.25, -0.2) is 8.42 Å². The van der Waals surface area contributed by atoms with Crippen LogP contribution in [0.15, 0.2) is 11.0 Å². The number of carbonyl (C=O) groups is 1. The van der Waals surface area contributed by atoms with Crippen LogP contribution >= 0.6 is 34.5 Å². The number of hydrogen-bond donors (Lipinski definition) is 1. The third-order valence-corrected chi connectivity index (χ3v) is 8.21. The Morgan fingerprint density at radius 1 is 1.33 bits per heavy atom. The first kappa shape index (κ1) is 22.9. The molecule has 1 amide bonds. The van der Waals surface area contributed by atoms with Crippen molar-refractivity contribution in [2.45, 2.75) is 31.6 Å². The zero-order valence-corrected chi connectivity index (χ0v) is 19.2. The maximum Gasteiger partial charge on any atom is 0.245 e. The number of sulfonamides is 1. The standard InChI is InChI=1S/C17H27Cl2N3O3S2/c1-17(2,11-21(3)4)10-20-16(23)12-5-7-22(8-6-12)27(24,25)13-9-14(18)26-15(13)19/h9,12H,5-8,10-11H2,1-4H3,(H,20,23). The van der Waals surface area contributed by atoms with Crippen LogP contribution in [0.1, 0.15) is 26.7 Å². The minimum atomic E-state index is -3.68. The zero-order chi connectivity index (χ0) is 20.4. The molecule has 6 nitrogen and oxygen atoms in total. The molecular formula is C17H27Cl2N3O3S2. The van der Waals surface area contributed by atoms with Gasteiger partial charge in [0.25, 0.3) is 0 Å². The van der Waals surface area contributed by atoms with Gasteiger partial charge in [-0.1, -0.05) is 37.0 Å². The second-order valence-electron chi connectivity index (χ2n) is 7.99. The molecule has 0 spiro atoms. The fourth-order valence-corrected chi connectivity index (χ4v) is 6.96. The predicted molar refractivity (Wildman–Crippen MR) is 111 cm³/mol. The number of carbonyl (C=O) groups excluding carboxylic acids is 1. The van der Waals surface area contributed by atoms with E-state index in [9.17, 15) is 13.2 Å². The lowest BCUT2D eigenvalue weighted by Crippen LogP contribution is -2.45. The number of halogens is 2. The summed E-state index contributed by atoms with van der Waals surface area (Å²) in [6, 6.07) is 1.38. The third-order valence-electron chi connectivity index (χ3n) is 4.55. The third kappa shape index (κ3) is 6.05. The van der Waals surface area contributed by atoms with Crippen molar-refractivity contribution < 1.29 is 13.2 Å². The van der Waals surface area contributed by atoms with E-state index in [2.05, 4.69) is 24.1 Å². The molecule has 2 rings (SSSR count). The van der Waals surface area contributed by atoms with Crippen LogP contribution in [-0.4, -0.2) is 63.8 Å². The first-order valence-electron chi connectivity index (χ1n) is 8.80. The minimum absolute atomic E-state index is 0.00418. The Balaban J connectivity index is 1.91. The van der Waals surface area contributed by atoms with Crippen molar-refractivity contribution in [3.05, 3.63) is 14.7 Å². The molecule has 1 aliphatic heterocycles. The monoisotopic (exact) mass is 455 g/mol. The lowest BCUT2D eigenvalue weighted by molar-refractivity contribution is -0.126. The Bertz CT molecular complexity index is 770. The van der Waals surface area contributed by atoms with Crippen LogP contribution in [0.2, 0.25) is 8.67 Å². The molecule has 27 heavy (non-hydrogen) atoms. The van der Waals surface area contributed by atoms with Crippen molar-refractivity contribution in [2.24, 2.45) is 11.3 Å². The van der Waals surface area contributed by atoms with Crippen molar-refractivity contribution in [1.82, 2.24) is 14.5 Å². The normalized spacial score (nSPS) is 17.4. The maximum absolute atomic E-state index is 12.7. The van der Waals surface area contributed by atoms with Gasteiger partial charge < -0.3 is 10.2 Å². The summed E-state index contributed by atoms with van der Waals surface area (Å²) in [5, 5.41) is 3.03. The summed E-state index contributed by atoms with van der Waals surface area (Å²) in [6.45, 7) is 6.27. The number of thiophene rings is 1. The molecule has 1 saturated heterocycles. The van der Waals surface area contributed by atoms with Crippen LogP contribution in [0.5, 0.6) is 0 Å². The second kappa shape index (κ2) is 8.97. The lowest BCUT2D eigenvalue weighted by atomic mass is 9.91. The SMILES string of the molecule is CN(C)CC(C)(C)CNC(=O)C1CCN(S(=O)(=O)c2cc(Cl)sc2Cl)CC1. The number of nitrogens with one attached hydrogen (secondary N) is 1. The number of piperidine rings is 1. The molecule has 0 saturated carbocycles. The molecule has 0 bridgehead atoms. The summed E-state index contributed by atoms with van der Waals surface area (Å²) in [5.74, 6) is -0.177. The molecule has 0 radical (unpaired) electrons. The van der Waals surface area contributed by atoms with Crippen molar-refractivity contribution in [2.75, 3.05) is 40.3 Å². The smallest absolute Gasteiger partial charge is 0.245 e. The highest BCUT2D eigenvalue weighted by molar-refractivity contribution is 7.89. The molecule has 0 atom stereocenters. The molecule has 2 heterocycles. The second-order valence-corrected chi connectivity index (χ2v) is 12.2. The van der Waals surface area contributed by atoms with Crippen LogP contribution in [0.25, 0.3) is 0 Å². The Labute approximate surface area is 175 Å². The fraction of sp³-hybridized carbons (Fsp3) is 0.706. The van der Waals surface area contributed by atoms with Crippen LogP contribution in [0.3, 0.4) is 0 Å². The Morgan fingerprint density at radius 3 is 2.41 bits per heavy atom. The van der Waals surface area contributed by atoms with Crippen molar-refractivity contribution >= 4 is 50.5 Å². The van der Waals surface area contributed by atoms with E-state index >= 15 is 0 Å². The van der Waals surface area contributed by atoms with Gasteiger partial charge in [-0.15, -0.1) is 11.3 Å². The Morgan fingerprint density at radius 2 is 1.93 bits per heavy atom. The summed E-state index contributed by atoms with van der Waals surface area (Å²) >= 11 is 12.9. The van der Waals surface area contributed by atoms with E-state index in [4.69, 9.17) is 23.2 Å². The summed E-state index contributed by atoms with van der Waals surface area (Å²) < 4.78 is 27.4. The van der Waals surface area contributed by atoms with Gasteiger partial charge in [0.15, 0.2) is 0 Å². The number of amides is 1. The topological polar surface area (TPSA) is 69.7 Å². The summed E-state index contributed by atoms with van der Waals surface area (Å²) in [6.07, 6.45) is 0.989. The van der Waals surface area contributed by atoms with E-state index in [0.29, 0.717) is 36.8 Å². The molecular weight excluding hydrogens is 429 g/mol. The average molecular weight is 456 g/mol. The van der Waals surface area contributed by atoms with E-state index < -0.39 is 10.0 Å². The number of nitrogens with zero attached hydrogens (tertiary/aromatic N) is 2. The summed E-state index contributed by atoms with van der Waals surface area (Å²) in [5.41, 5.74) is -0.0296. The molecule has 1 fully saturated rings. The van der Waals surface area contributed by atoms with Crippen molar-refractivity contribution in [3.8, 4) is 0 Å². The van der Waals surface area contributed by atoms with Crippen molar-refractivity contribution in [1.29, 1.82) is 0 Å². The van der Waals surface area contributed by atoms with Crippen molar-refractivity contribution in [3.63, 3.8) is 0 Å². The largest absolute Gasteiger partial charge is 0.355 e.